The summed E-state index contributed by atoms with van der Waals surface area (Å²) in [6.07, 6.45) is 1.42. The van der Waals surface area contributed by atoms with Crippen LogP contribution >= 0.6 is 27.5 Å². The van der Waals surface area contributed by atoms with Crippen molar-refractivity contribution in [3.8, 4) is 11.5 Å². The van der Waals surface area contributed by atoms with E-state index in [2.05, 4.69) is 26.7 Å². The number of benzene rings is 3. The Bertz CT molecular complexity index is 1380. The molecule has 3 aromatic rings. The van der Waals surface area contributed by atoms with Crippen molar-refractivity contribution in [1.82, 2.24) is 5.43 Å². The molecule has 190 valence electrons. The lowest BCUT2D eigenvalue weighted by Gasteiger charge is -2.16. The van der Waals surface area contributed by atoms with Gasteiger partial charge in [0.25, 0.3) is 17.7 Å². The van der Waals surface area contributed by atoms with Gasteiger partial charge in [-0.25, -0.2) is 5.01 Å². The quantitative estimate of drug-likeness (QED) is 0.277. The highest BCUT2D eigenvalue weighted by atomic mass is 79.9. The summed E-state index contributed by atoms with van der Waals surface area (Å²) in [7, 11) is 0. The maximum Gasteiger partial charge on any atom is 0.282 e. The van der Waals surface area contributed by atoms with Crippen molar-refractivity contribution in [3.05, 3.63) is 86.9 Å². The number of hydrogen-bond acceptors (Lipinski definition) is 5. The Kier molecular flexibility index (Phi) is 8.15. The van der Waals surface area contributed by atoms with Gasteiger partial charge in [-0.15, -0.1) is 0 Å². The fraction of sp³-hybridized carbons (Fsp3) is 0.148. The van der Waals surface area contributed by atoms with Crippen molar-refractivity contribution in [2.45, 2.75) is 13.8 Å². The normalized spacial score (nSPS) is 14.1. The van der Waals surface area contributed by atoms with Crippen LogP contribution in [0.1, 0.15) is 18.1 Å². The summed E-state index contributed by atoms with van der Waals surface area (Å²) >= 11 is 10.00. The van der Waals surface area contributed by atoms with E-state index in [0.717, 1.165) is 5.56 Å². The summed E-state index contributed by atoms with van der Waals surface area (Å²) in [5.41, 5.74) is 5.16. The van der Waals surface area contributed by atoms with Gasteiger partial charge in [0.2, 0.25) is 0 Å². The molecule has 2 N–H and O–H groups in total. The zero-order valence-corrected chi connectivity index (χ0v) is 22.4. The zero-order chi connectivity index (χ0) is 26.5. The minimum absolute atomic E-state index is 0.0748. The maximum atomic E-state index is 13.0. The van der Waals surface area contributed by atoms with Crippen molar-refractivity contribution in [3.63, 3.8) is 0 Å². The summed E-state index contributed by atoms with van der Waals surface area (Å²) in [6.45, 7) is 3.72. The molecule has 4 rings (SSSR count). The number of anilines is 2. The van der Waals surface area contributed by atoms with E-state index < -0.39 is 11.8 Å². The van der Waals surface area contributed by atoms with Crippen LogP contribution in [0.4, 0.5) is 11.4 Å². The number of carbonyl (C=O) groups is 3. The first-order chi connectivity index (χ1) is 17.8. The van der Waals surface area contributed by atoms with Crippen LogP contribution < -0.4 is 25.2 Å². The van der Waals surface area contributed by atoms with E-state index in [1.54, 1.807) is 49.4 Å². The lowest BCUT2D eigenvalue weighted by molar-refractivity contribution is -0.118. The smallest absolute Gasteiger partial charge is 0.282 e. The Hall–Kier alpha value is -3.82. The number of nitrogens with one attached hydrogen (secondary N) is 2. The van der Waals surface area contributed by atoms with Gasteiger partial charge in [-0.1, -0.05) is 47.5 Å². The van der Waals surface area contributed by atoms with E-state index in [1.165, 1.54) is 11.1 Å². The molecule has 1 aliphatic heterocycles. The number of halogens is 2. The number of nitrogens with zero attached hydrogens (tertiary/aromatic N) is 1. The van der Waals surface area contributed by atoms with Gasteiger partial charge in [0.05, 0.1) is 12.3 Å². The van der Waals surface area contributed by atoms with Crippen LogP contribution in [0.5, 0.6) is 11.5 Å². The van der Waals surface area contributed by atoms with Gasteiger partial charge in [-0.2, -0.15) is 0 Å². The second-order valence-electron chi connectivity index (χ2n) is 8.03. The molecular formula is C27H23BrClN3O5. The highest BCUT2D eigenvalue weighted by Gasteiger charge is 2.34. The van der Waals surface area contributed by atoms with Gasteiger partial charge < -0.3 is 14.8 Å². The first-order valence-corrected chi connectivity index (χ1v) is 12.5. The molecule has 0 unspecified atom stereocenters. The van der Waals surface area contributed by atoms with Crippen molar-refractivity contribution < 1.29 is 23.9 Å². The first kappa shape index (κ1) is 26.2. The average Bonchev–Trinajstić information content (AvgIpc) is 3.17. The second-order valence-corrected chi connectivity index (χ2v) is 9.20. The summed E-state index contributed by atoms with van der Waals surface area (Å²) in [5, 5.41) is 4.07. The molecule has 8 nitrogen and oxygen atoms in total. The fourth-order valence-electron chi connectivity index (χ4n) is 3.55. The fourth-order valence-corrected chi connectivity index (χ4v) is 4.22. The SMILES string of the molecule is CCOc1cc(/C=C2/C(=O)NN(c3ccccc3)C2=O)c(Br)c(Cl)c1OCC(=O)Nc1ccc(C)cc1. The Balaban J connectivity index is 1.57. The molecule has 10 heteroatoms. The summed E-state index contributed by atoms with van der Waals surface area (Å²) in [4.78, 5) is 38.0. The van der Waals surface area contributed by atoms with Crippen LogP contribution in [-0.4, -0.2) is 30.9 Å². The standard InChI is InChI=1S/C27H23BrClN3O5/c1-3-36-21-14-17(13-20-26(34)31-32(27(20)35)19-7-5-4-6-8-19)23(28)24(29)25(21)37-15-22(33)30-18-11-9-16(2)10-12-18/h4-14H,3,15H2,1-2H3,(H,30,33)(H,31,34)/b20-13-. The molecule has 1 fully saturated rings. The van der Waals surface area contributed by atoms with Gasteiger partial charge in [0.1, 0.15) is 10.6 Å². The van der Waals surface area contributed by atoms with Crippen molar-refractivity contribution >= 4 is 62.7 Å². The van der Waals surface area contributed by atoms with Gasteiger partial charge in [-0.3, -0.25) is 19.8 Å². The molecule has 0 spiro atoms. The molecule has 0 atom stereocenters. The molecule has 1 saturated heterocycles. The van der Waals surface area contributed by atoms with Crippen molar-refractivity contribution in [2.75, 3.05) is 23.5 Å². The van der Waals surface area contributed by atoms with Crippen LogP contribution in [-0.2, 0) is 14.4 Å². The monoisotopic (exact) mass is 583 g/mol. The number of para-hydroxylation sites is 1. The second kappa shape index (κ2) is 11.5. The lowest BCUT2D eigenvalue weighted by Crippen LogP contribution is -2.35. The van der Waals surface area contributed by atoms with Crippen LogP contribution in [0, 0.1) is 6.92 Å². The molecule has 0 radical (unpaired) electrons. The Morgan fingerprint density at radius 3 is 2.49 bits per heavy atom. The highest BCUT2D eigenvalue weighted by molar-refractivity contribution is 9.10. The molecule has 3 amide bonds. The molecule has 0 bridgehead atoms. The predicted octanol–water partition coefficient (Wildman–Crippen LogP) is 5.29. The van der Waals surface area contributed by atoms with E-state index in [0.29, 0.717) is 28.0 Å². The Morgan fingerprint density at radius 2 is 1.81 bits per heavy atom. The largest absolute Gasteiger partial charge is 0.490 e. The number of hydrogen-bond donors (Lipinski definition) is 2. The molecule has 0 aliphatic carbocycles. The minimum Gasteiger partial charge on any atom is -0.490 e. The first-order valence-electron chi connectivity index (χ1n) is 11.3. The van der Waals surface area contributed by atoms with Crippen LogP contribution in [0.3, 0.4) is 0 Å². The molecule has 3 aromatic carbocycles. The number of amides is 3. The predicted molar refractivity (Wildman–Crippen MR) is 146 cm³/mol. The van der Waals surface area contributed by atoms with Gasteiger partial charge in [-0.05, 0) is 71.7 Å². The number of carbonyl (C=O) groups excluding carboxylic acids is 3. The van der Waals surface area contributed by atoms with E-state index in [-0.39, 0.29) is 34.6 Å². The molecule has 0 saturated carbocycles. The van der Waals surface area contributed by atoms with Crippen molar-refractivity contribution in [2.24, 2.45) is 0 Å². The lowest BCUT2D eigenvalue weighted by atomic mass is 10.1. The molecule has 37 heavy (non-hydrogen) atoms. The summed E-state index contributed by atoms with van der Waals surface area (Å²) in [6, 6.07) is 17.7. The molecule has 1 aliphatic rings. The third-order valence-electron chi connectivity index (χ3n) is 5.34. The van der Waals surface area contributed by atoms with E-state index in [9.17, 15) is 14.4 Å². The summed E-state index contributed by atoms with van der Waals surface area (Å²) < 4.78 is 11.8. The minimum atomic E-state index is -0.553. The third kappa shape index (κ3) is 5.95. The van der Waals surface area contributed by atoms with E-state index in [1.807, 2.05) is 25.1 Å². The van der Waals surface area contributed by atoms with Gasteiger partial charge >= 0.3 is 0 Å². The van der Waals surface area contributed by atoms with Crippen molar-refractivity contribution in [1.29, 1.82) is 0 Å². The topological polar surface area (TPSA) is 97.0 Å². The number of hydrazine groups is 1. The van der Waals surface area contributed by atoms with Gasteiger partial charge in [0.15, 0.2) is 18.1 Å². The molecule has 0 aromatic heterocycles. The van der Waals surface area contributed by atoms with Crippen LogP contribution in [0.15, 0.2) is 70.7 Å². The summed E-state index contributed by atoms with van der Waals surface area (Å²) in [5.74, 6) is -1.02. The van der Waals surface area contributed by atoms with E-state index >= 15 is 0 Å². The number of rotatable bonds is 8. The van der Waals surface area contributed by atoms with E-state index in [4.69, 9.17) is 21.1 Å². The Labute approximate surface area is 227 Å². The zero-order valence-electron chi connectivity index (χ0n) is 20.0. The third-order valence-corrected chi connectivity index (χ3v) is 6.79. The Morgan fingerprint density at radius 1 is 1.11 bits per heavy atom. The van der Waals surface area contributed by atoms with Crippen LogP contribution in [0.2, 0.25) is 5.02 Å². The van der Waals surface area contributed by atoms with Crippen LogP contribution in [0.25, 0.3) is 6.08 Å². The van der Waals surface area contributed by atoms with Gasteiger partial charge in [0, 0.05) is 10.2 Å². The average molecular weight is 585 g/mol. The highest BCUT2D eigenvalue weighted by Crippen LogP contribution is 2.43. The molecular weight excluding hydrogens is 562 g/mol. The maximum absolute atomic E-state index is 13.0. The number of ether oxygens (including phenoxy) is 2. The number of aryl methyl sites for hydroxylation is 1. The molecule has 1 heterocycles.